The summed E-state index contributed by atoms with van der Waals surface area (Å²) in [5.41, 5.74) is 1.58. The molecule has 0 spiro atoms. The summed E-state index contributed by atoms with van der Waals surface area (Å²) in [6.07, 6.45) is 3.98. The van der Waals surface area contributed by atoms with E-state index in [1.165, 1.54) is 0 Å². The van der Waals surface area contributed by atoms with Gasteiger partial charge in [0, 0.05) is 37.6 Å². The van der Waals surface area contributed by atoms with E-state index in [9.17, 15) is 4.79 Å². The van der Waals surface area contributed by atoms with E-state index in [2.05, 4.69) is 20.5 Å². The van der Waals surface area contributed by atoms with Gasteiger partial charge in [-0.25, -0.2) is 0 Å². The Kier molecular flexibility index (Phi) is 4.74. The number of carbonyl (C=O) groups is 1. The predicted octanol–water partition coefficient (Wildman–Crippen LogP) is 1.02. The summed E-state index contributed by atoms with van der Waals surface area (Å²) in [6.45, 7) is 4.57. The molecule has 2 rings (SSSR count). The molecule has 1 aliphatic heterocycles. The van der Waals surface area contributed by atoms with E-state index < -0.39 is 0 Å². The number of anilines is 1. The van der Waals surface area contributed by atoms with Gasteiger partial charge in [0.1, 0.15) is 5.69 Å². The molecule has 1 aromatic heterocycles. The van der Waals surface area contributed by atoms with Crippen molar-refractivity contribution in [2.24, 2.45) is 0 Å². The van der Waals surface area contributed by atoms with Crippen molar-refractivity contribution in [3.05, 3.63) is 24.0 Å². The van der Waals surface area contributed by atoms with E-state index in [4.69, 9.17) is 0 Å². The maximum Gasteiger partial charge on any atom is 0.269 e. The summed E-state index contributed by atoms with van der Waals surface area (Å²) in [5, 5.41) is 6.10. The lowest BCUT2D eigenvalue weighted by Crippen LogP contribution is -2.41. The summed E-state index contributed by atoms with van der Waals surface area (Å²) in [6, 6.07) is 4.47. The van der Waals surface area contributed by atoms with Crippen LogP contribution in [-0.2, 0) is 0 Å². The molecule has 104 valence electrons. The van der Waals surface area contributed by atoms with Gasteiger partial charge in [0.25, 0.3) is 5.91 Å². The first-order valence-corrected chi connectivity index (χ1v) is 6.91. The van der Waals surface area contributed by atoms with Gasteiger partial charge >= 0.3 is 0 Å². The molecular formula is C14H22N4O. The first kappa shape index (κ1) is 13.8. The van der Waals surface area contributed by atoms with Crippen LogP contribution in [0.1, 0.15) is 30.3 Å². The van der Waals surface area contributed by atoms with Crippen LogP contribution in [0.15, 0.2) is 18.3 Å². The Balaban J connectivity index is 2.05. The number of rotatable bonds is 4. The first-order valence-electron chi connectivity index (χ1n) is 6.91. The topological polar surface area (TPSA) is 57.3 Å². The second-order valence-corrected chi connectivity index (χ2v) is 4.81. The van der Waals surface area contributed by atoms with Crippen LogP contribution in [0.5, 0.6) is 0 Å². The molecule has 1 saturated heterocycles. The number of hydrogen-bond acceptors (Lipinski definition) is 4. The van der Waals surface area contributed by atoms with Crippen LogP contribution in [-0.4, -0.2) is 43.6 Å². The van der Waals surface area contributed by atoms with Gasteiger partial charge in [0.15, 0.2) is 0 Å². The van der Waals surface area contributed by atoms with Gasteiger partial charge in [-0.2, -0.15) is 0 Å². The molecule has 2 heterocycles. The largest absolute Gasteiger partial charge is 0.371 e. The zero-order valence-corrected chi connectivity index (χ0v) is 11.6. The quantitative estimate of drug-likeness (QED) is 0.850. The average Bonchev–Trinajstić information content (AvgIpc) is 2.48. The average molecular weight is 262 g/mol. The van der Waals surface area contributed by atoms with Crippen LogP contribution < -0.4 is 15.5 Å². The predicted molar refractivity (Wildman–Crippen MR) is 76.5 cm³/mol. The fourth-order valence-corrected chi connectivity index (χ4v) is 2.42. The van der Waals surface area contributed by atoms with Crippen molar-refractivity contribution in [2.45, 2.75) is 25.8 Å². The van der Waals surface area contributed by atoms with E-state index in [-0.39, 0.29) is 5.91 Å². The summed E-state index contributed by atoms with van der Waals surface area (Å²) in [4.78, 5) is 18.2. The van der Waals surface area contributed by atoms with Crippen molar-refractivity contribution in [1.29, 1.82) is 0 Å². The number of amides is 1. The maximum absolute atomic E-state index is 11.8. The minimum Gasteiger partial charge on any atom is -0.371 e. The van der Waals surface area contributed by atoms with Gasteiger partial charge < -0.3 is 15.5 Å². The highest BCUT2D eigenvalue weighted by Gasteiger charge is 2.18. The van der Waals surface area contributed by atoms with E-state index >= 15 is 0 Å². The fraction of sp³-hybridized carbons (Fsp3) is 0.571. The number of nitrogens with one attached hydrogen (secondary N) is 2. The van der Waals surface area contributed by atoms with Crippen LogP contribution in [0, 0.1) is 0 Å². The molecular weight excluding hydrogens is 240 g/mol. The lowest BCUT2D eigenvalue weighted by molar-refractivity contribution is 0.0951. The van der Waals surface area contributed by atoms with E-state index in [1.807, 2.05) is 26.1 Å². The Bertz CT molecular complexity index is 427. The second-order valence-electron chi connectivity index (χ2n) is 4.81. The number of carbonyl (C=O) groups excluding carboxylic acids is 1. The molecule has 0 aliphatic carbocycles. The molecule has 0 atom stereocenters. The standard InChI is InChI=1S/C14H22N4O/c1-3-16-14(19)13-10-12(4-7-17-13)18-8-5-11(15-2)6-9-18/h4,7,10-11,15H,3,5-6,8-9H2,1-2H3,(H,16,19). The number of pyridine rings is 1. The van der Waals surface area contributed by atoms with Gasteiger partial charge in [-0.05, 0) is 38.9 Å². The minimum atomic E-state index is -0.102. The third-order valence-electron chi connectivity index (χ3n) is 3.58. The maximum atomic E-state index is 11.8. The second kappa shape index (κ2) is 6.52. The lowest BCUT2D eigenvalue weighted by atomic mass is 10.0. The molecule has 0 radical (unpaired) electrons. The van der Waals surface area contributed by atoms with Crippen molar-refractivity contribution < 1.29 is 4.79 Å². The van der Waals surface area contributed by atoms with E-state index in [1.54, 1.807) is 6.20 Å². The molecule has 1 amide bonds. The lowest BCUT2D eigenvalue weighted by Gasteiger charge is -2.33. The summed E-state index contributed by atoms with van der Waals surface area (Å²) in [7, 11) is 2.01. The zero-order chi connectivity index (χ0) is 13.7. The number of hydrogen-bond donors (Lipinski definition) is 2. The van der Waals surface area contributed by atoms with Gasteiger partial charge in [-0.3, -0.25) is 9.78 Å². The molecule has 1 aromatic rings. The number of piperidine rings is 1. The molecule has 1 aliphatic rings. The fourth-order valence-electron chi connectivity index (χ4n) is 2.42. The smallest absolute Gasteiger partial charge is 0.269 e. The van der Waals surface area contributed by atoms with Crippen LogP contribution in [0.3, 0.4) is 0 Å². The summed E-state index contributed by atoms with van der Waals surface area (Å²) >= 11 is 0. The number of aromatic nitrogens is 1. The normalized spacial score (nSPS) is 16.4. The van der Waals surface area contributed by atoms with E-state index in [0.29, 0.717) is 18.3 Å². The first-order chi connectivity index (χ1) is 9.24. The monoisotopic (exact) mass is 262 g/mol. The Morgan fingerprint density at radius 3 is 2.84 bits per heavy atom. The molecule has 19 heavy (non-hydrogen) atoms. The Hall–Kier alpha value is -1.62. The molecule has 1 fully saturated rings. The van der Waals surface area contributed by atoms with Crippen molar-refractivity contribution in [1.82, 2.24) is 15.6 Å². The summed E-state index contributed by atoms with van der Waals surface area (Å²) in [5.74, 6) is -0.102. The minimum absolute atomic E-state index is 0.102. The van der Waals surface area contributed by atoms with Gasteiger partial charge in [-0.1, -0.05) is 0 Å². The van der Waals surface area contributed by atoms with Crippen LogP contribution in [0.2, 0.25) is 0 Å². The molecule has 5 nitrogen and oxygen atoms in total. The number of nitrogens with zero attached hydrogens (tertiary/aromatic N) is 2. The highest BCUT2D eigenvalue weighted by atomic mass is 16.1. The third kappa shape index (κ3) is 3.44. The SMILES string of the molecule is CCNC(=O)c1cc(N2CCC(NC)CC2)ccn1. The van der Waals surface area contributed by atoms with Crippen LogP contribution >= 0.6 is 0 Å². The Morgan fingerprint density at radius 2 is 2.21 bits per heavy atom. The summed E-state index contributed by atoms with van der Waals surface area (Å²) < 4.78 is 0. The van der Waals surface area contributed by atoms with Crippen LogP contribution in [0.25, 0.3) is 0 Å². The highest BCUT2D eigenvalue weighted by molar-refractivity contribution is 5.93. The van der Waals surface area contributed by atoms with Crippen molar-refractivity contribution in [3.63, 3.8) is 0 Å². The van der Waals surface area contributed by atoms with Crippen molar-refractivity contribution in [2.75, 3.05) is 31.6 Å². The molecule has 5 heteroatoms. The zero-order valence-electron chi connectivity index (χ0n) is 11.6. The van der Waals surface area contributed by atoms with Crippen molar-refractivity contribution in [3.8, 4) is 0 Å². The Labute approximate surface area is 114 Å². The van der Waals surface area contributed by atoms with Crippen molar-refractivity contribution >= 4 is 11.6 Å². The Morgan fingerprint density at radius 1 is 1.47 bits per heavy atom. The van der Waals surface area contributed by atoms with Gasteiger partial charge in [0.05, 0.1) is 0 Å². The third-order valence-corrected chi connectivity index (χ3v) is 3.58. The van der Waals surface area contributed by atoms with Gasteiger partial charge in [-0.15, -0.1) is 0 Å². The molecule has 2 N–H and O–H groups in total. The highest BCUT2D eigenvalue weighted by Crippen LogP contribution is 2.20. The van der Waals surface area contributed by atoms with Crippen LogP contribution in [0.4, 0.5) is 5.69 Å². The van der Waals surface area contributed by atoms with E-state index in [0.717, 1.165) is 31.6 Å². The molecule has 0 aromatic carbocycles. The molecule has 0 unspecified atom stereocenters. The van der Waals surface area contributed by atoms with Gasteiger partial charge in [0.2, 0.25) is 0 Å². The molecule has 0 bridgehead atoms. The molecule has 0 saturated carbocycles.